The van der Waals surface area contributed by atoms with Gasteiger partial charge in [-0.1, -0.05) is 13.8 Å². The fourth-order valence-electron chi connectivity index (χ4n) is 2.36. The van der Waals surface area contributed by atoms with Gasteiger partial charge in [0, 0.05) is 24.4 Å². The second kappa shape index (κ2) is 2.72. The van der Waals surface area contributed by atoms with Crippen LogP contribution in [0.15, 0.2) is 0 Å². The van der Waals surface area contributed by atoms with E-state index in [9.17, 15) is 13.2 Å². The summed E-state index contributed by atoms with van der Waals surface area (Å²) in [6.45, 7) is 5.02. The molecular weight excluding hydrogens is 202 g/mol. The Morgan fingerprint density at radius 3 is 2.14 bits per heavy atom. The first kappa shape index (κ1) is 9.96. The van der Waals surface area contributed by atoms with E-state index >= 15 is 0 Å². The molecule has 14 heavy (non-hydrogen) atoms. The Labute approximate surface area is 84.2 Å². The van der Waals surface area contributed by atoms with E-state index in [1.54, 1.807) is 4.90 Å². The zero-order chi connectivity index (χ0) is 10.6. The number of rotatable bonds is 1. The van der Waals surface area contributed by atoms with Crippen LogP contribution in [-0.4, -0.2) is 43.8 Å². The molecule has 0 N–H and O–H groups in total. The van der Waals surface area contributed by atoms with Gasteiger partial charge in [-0.05, 0) is 0 Å². The minimum absolute atomic E-state index is 0.0176. The van der Waals surface area contributed by atoms with Gasteiger partial charge in [0.25, 0.3) is 0 Å². The number of amides is 1. The van der Waals surface area contributed by atoms with Crippen LogP contribution in [0, 0.1) is 11.3 Å². The lowest BCUT2D eigenvalue weighted by Crippen LogP contribution is -2.69. The number of nitrogens with zero attached hydrogens (tertiary/aromatic N) is 1. The Bertz CT molecular complexity index is 352. The van der Waals surface area contributed by atoms with E-state index in [2.05, 4.69) is 0 Å². The fourth-order valence-corrected chi connectivity index (χ4v) is 4.50. The Morgan fingerprint density at radius 2 is 1.79 bits per heavy atom. The lowest BCUT2D eigenvalue weighted by Gasteiger charge is -2.55. The Hall–Kier alpha value is -0.580. The number of carbonyl (C=O) groups excluding carboxylic acids is 1. The second-order valence-electron chi connectivity index (χ2n) is 4.88. The third kappa shape index (κ3) is 1.43. The molecule has 0 aromatic heterocycles. The van der Waals surface area contributed by atoms with Gasteiger partial charge in [-0.3, -0.25) is 4.79 Å². The monoisotopic (exact) mass is 217 g/mol. The molecule has 0 unspecified atom stereocenters. The van der Waals surface area contributed by atoms with Gasteiger partial charge in [-0.15, -0.1) is 0 Å². The van der Waals surface area contributed by atoms with Crippen molar-refractivity contribution in [2.75, 3.05) is 24.6 Å². The summed E-state index contributed by atoms with van der Waals surface area (Å²) in [5.74, 6) is 0.716. The quantitative estimate of drug-likeness (QED) is 0.616. The second-order valence-corrected chi connectivity index (χ2v) is 6.95. The molecule has 0 aromatic rings. The van der Waals surface area contributed by atoms with E-state index in [0.29, 0.717) is 13.1 Å². The highest BCUT2D eigenvalue weighted by Crippen LogP contribution is 2.41. The van der Waals surface area contributed by atoms with Crippen molar-refractivity contribution >= 4 is 15.7 Å². The molecule has 80 valence electrons. The summed E-state index contributed by atoms with van der Waals surface area (Å²) in [5, 5.41) is 0. The molecule has 2 saturated heterocycles. The normalized spacial score (nSPS) is 27.2. The van der Waals surface area contributed by atoms with Crippen LogP contribution in [-0.2, 0) is 14.6 Å². The molecular formula is C9H15NO3S. The molecule has 0 saturated carbocycles. The lowest BCUT2D eigenvalue weighted by molar-refractivity contribution is -0.145. The minimum atomic E-state index is -2.76. The van der Waals surface area contributed by atoms with Crippen LogP contribution in [0.5, 0.6) is 0 Å². The number of sulfone groups is 1. The van der Waals surface area contributed by atoms with Crippen molar-refractivity contribution in [2.24, 2.45) is 11.3 Å². The lowest BCUT2D eigenvalue weighted by atomic mass is 9.82. The van der Waals surface area contributed by atoms with Crippen LogP contribution >= 0.6 is 0 Å². The van der Waals surface area contributed by atoms with E-state index in [0.717, 1.165) is 0 Å². The fraction of sp³-hybridized carbons (Fsp3) is 0.889. The highest BCUT2D eigenvalue weighted by atomic mass is 32.2. The van der Waals surface area contributed by atoms with Crippen molar-refractivity contribution in [1.29, 1.82) is 0 Å². The molecule has 1 amide bonds. The maximum absolute atomic E-state index is 11.5. The van der Waals surface area contributed by atoms with E-state index in [4.69, 9.17) is 0 Å². The summed E-state index contributed by atoms with van der Waals surface area (Å²) in [6.07, 6.45) is 0. The van der Waals surface area contributed by atoms with Gasteiger partial charge in [0.15, 0.2) is 9.84 Å². The standard InChI is InChI=1S/C9H15NO3S/c1-7(2)8(11)10-3-9(4-10)5-14(12,13)6-9/h7H,3-6H2,1-2H3. The average molecular weight is 217 g/mol. The first-order chi connectivity index (χ1) is 6.34. The highest BCUT2D eigenvalue weighted by molar-refractivity contribution is 7.92. The number of hydrogen-bond acceptors (Lipinski definition) is 3. The third-order valence-corrected chi connectivity index (χ3v) is 5.01. The molecule has 0 aromatic carbocycles. The molecule has 2 fully saturated rings. The van der Waals surface area contributed by atoms with Crippen molar-refractivity contribution in [3.05, 3.63) is 0 Å². The Morgan fingerprint density at radius 1 is 1.29 bits per heavy atom. The van der Waals surface area contributed by atoms with Gasteiger partial charge in [0.05, 0.1) is 11.5 Å². The van der Waals surface area contributed by atoms with E-state index in [-0.39, 0.29) is 28.7 Å². The zero-order valence-corrected chi connectivity index (χ0v) is 9.30. The topological polar surface area (TPSA) is 54.5 Å². The van der Waals surface area contributed by atoms with Gasteiger partial charge < -0.3 is 4.90 Å². The summed E-state index contributed by atoms with van der Waals surface area (Å²) in [6, 6.07) is 0. The summed E-state index contributed by atoms with van der Waals surface area (Å²) >= 11 is 0. The van der Waals surface area contributed by atoms with Crippen LogP contribution in [0.25, 0.3) is 0 Å². The molecule has 0 aliphatic carbocycles. The van der Waals surface area contributed by atoms with E-state index in [1.807, 2.05) is 13.8 Å². The molecule has 4 nitrogen and oxygen atoms in total. The molecule has 1 spiro atoms. The maximum Gasteiger partial charge on any atom is 0.225 e. The molecule has 0 atom stereocenters. The van der Waals surface area contributed by atoms with Crippen LogP contribution in [0.3, 0.4) is 0 Å². The van der Waals surface area contributed by atoms with Gasteiger partial charge in [0.2, 0.25) is 5.91 Å². The van der Waals surface area contributed by atoms with Gasteiger partial charge in [0.1, 0.15) is 0 Å². The van der Waals surface area contributed by atoms with Crippen molar-refractivity contribution in [2.45, 2.75) is 13.8 Å². The number of hydrogen-bond donors (Lipinski definition) is 0. The van der Waals surface area contributed by atoms with Crippen molar-refractivity contribution in [3.63, 3.8) is 0 Å². The molecule has 2 aliphatic heterocycles. The largest absolute Gasteiger partial charge is 0.341 e. The van der Waals surface area contributed by atoms with Crippen molar-refractivity contribution in [3.8, 4) is 0 Å². The minimum Gasteiger partial charge on any atom is -0.341 e. The van der Waals surface area contributed by atoms with Gasteiger partial charge in [-0.25, -0.2) is 8.42 Å². The summed E-state index contributed by atoms with van der Waals surface area (Å²) < 4.78 is 22.0. The molecule has 0 radical (unpaired) electrons. The smallest absolute Gasteiger partial charge is 0.225 e. The SMILES string of the molecule is CC(C)C(=O)N1CC2(C1)CS(=O)(=O)C2. The third-order valence-electron chi connectivity index (χ3n) is 2.91. The van der Waals surface area contributed by atoms with E-state index in [1.165, 1.54) is 0 Å². The zero-order valence-electron chi connectivity index (χ0n) is 8.49. The van der Waals surface area contributed by atoms with Crippen LogP contribution < -0.4 is 0 Å². The Balaban J connectivity index is 1.90. The molecule has 2 rings (SSSR count). The summed E-state index contributed by atoms with van der Waals surface area (Å²) in [5.41, 5.74) is -0.0661. The molecule has 5 heteroatoms. The first-order valence-electron chi connectivity index (χ1n) is 4.83. The van der Waals surface area contributed by atoms with Crippen molar-refractivity contribution < 1.29 is 13.2 Å². The van der Waals surface area contributed by atoms with Crippen LogP contribution in [0.1, 0.15) is 13.8 Å². The van der Waals surface area contributed by atoms with Gasteiger partial charge in [-0.2, -0.15) is 0 Å². The van der Waals surface area contributed by atoms with Crippen LogP contribution in [0.4, 0.5) is 0 Å². The number of carbonyl (C=O) groups is 1. The van der Waals surface area contributed by atoms with Crippen LogP contribution in [0.2, 0.25) is 0 Å². The predicted molar refractivity (Wildman–Crippen MR) is 52.5 cm³/mol. The van der Waals surface area contributed by atoms with Crippen molar-refractivity contribution in [1.82, 2.24) is 4.90 Å². The summed E-state index contributed by atoms with van der Waals surface area (Å²) in [7, 11) is -2.76. The molecule has 2 aliphatic rings. The first-order valence-corrected chi connectivity index (χ1v) is 6.65. The Kier molecular flexibility index (Phi) is 1.93. The summed E-state index contributed by atoms with van der Waals surface area (Å²) in [4.78, 5) is 13.3. The average Bonchev–Trinajstić information content (AvgIpc) is 1.93. The molecule has 0 bridgehead atoms. The van der Waals surface area contributed by atoms with E-state index < -0.39 is 9.84 Å². The van der Waals surface area contributed by atoms with Gasteiger partial charge >= 0.3 is 0 Å². The molecule has 2 heterocycles. The highest BCUT2D eigenvalue weighted by Gasteiger charge is 2.57. The maximum atomic E-state index is 11.5. The number of likely N-dealkylation sites (tertiary alicyclic amines) is 1. The predicted octanol–water partition coefficient (Wildman–Crippen LogP) is -0.101.